The quantitative estimate of drug-likeness (QED) is 0.426. The summed E-state index contributed by atoms with van der Waals surface area (Å²) in [5.74, 6) is 1.02. The number of ether oxygens (including phenoxy) is 1. The first-order valence-electron chi connectivity index (χ1n) is 8.50. The molecule has 0 aliphatic rings. The molecule has 0 aliphatic heterocycles. The van der Waals surface area contributed by atoms with Crippen LogP contribution in [0.2, 0.25) is 0 Å². The molecule has 0 aliphatic carbocycles. The van der Waals surface area contributed by atoms with E-state index in [1.807, 2.05) is 6.07 Å². The number of rotatable bonds is 11. The molecule has 0 spiro atoms. The molecule has 1 aromatic carbocycles. The van der Waals surface area contributed by atoms with Crippen LogP contribution in [-0.4, -0.2) is 5.60 Å². The van der Waals surface area contributed by atoms with Crippen LogP contribution in [0.15, 0.2) is 30.3 Å². The van der Waals surface area contributed by atoms with Crippen molar-refractivity contribution >= 4 is 0 Å². The second-order valence-electron chi connectivity index (χ2n) is 5.87. The van der Waals surface area contributed by atoms with E-state index in [4.69, 9.17) is 4.74 Å². The minimum atomic E-state index is 0.0440. The SMILES string of the molecule is CCCCCCCC(CC)(CCC)Oc1ccccc1. The van der Waals surface area contributed by atoms with E-state index >= 15 is 0 Å². The predicted molar refractivity (Wildman–Crippen MR) is 88.4 cm³/mol. The van der Waals surface area contributed by atoms with Crippen LogP contribution in [-0.2, 0) is 0 Å². The minimum Gasteiger partial charge on any atom is -0.487 e. The number of hydrogen-bond acceptors (Lipinski definition) is 1. The molecule has 0 N–H and O–H groups in total. The Morgan fingerprint density at radius 2 is 1.50 bits per heavy atom. The fraction of sp³-hybridized carbons (Fsp3) is 0.684. The van der Waals surface area contributed by atoms with Crippen molar-refractivity contribution in [2.75, 3.05) is 0 Å². The summed E-state index contributed by atoms with van der Waals surface area (Å²) in [7, 11) is 0. The lowest BCUT2D eigenvalue weighted by Gasteiger charge is -2.34. The van der Waals surface area contributed by atoms with Crippen LogP contribution < -0.4 is 4.74 Å². The van der Waals surface area contributed by atoms with Gasteiger partial charge in [-0.2, -0.15) is 0 Å². The van der Waals surface area contributed by atoms with Crippen LogP contribution in [0.4, 0.5) is 0 Å². The lowest BCUT2D eigenvalue weighted by molar-refractivity contribution is 0.0426. The van der Waals surface area contributed by atoms with Gasteiger partial charge in [-0.1, -0.05) is 71.1 Å². The molecule has 0 amide bonds. The average Bonchev–Trinajstić information content (AvgIpc) is 2.48. The van der Waals surface area contributed by atoms with E-state index < -0.39 is 0 Å². The van der Waals surface area contributed by atoms with Gasteiger partial charge in [0, 0.05) is 0 Å². The van der Waals surface area contributed by atoms with Gasteiger partial charge >= 0.3 is 0 Å². The monoisotopic (exact) mass is 276 g/mol. The van der Waals surface area contributed by atoms with Crippen molar-refractivity contribution in [2.24, 2.45) is 0 Å². The molecule has 0 radical (unpaired) electrons. The second kappa shape index (κ2) is 9.85. The van der Waals surface area contributed by atoms with E-state index in [1.54, 1.807) is 0 Å². The van der Waals surface area contributed by atoms with Gasteiger partial charge < -0.3 is 4.74 Å². The highest BCUT2D eigenvalue weighted by Gasteiger charge is 2.28. The van der Waals surface area contributed by atoms with Crippen LogP contribution in [0, 0.1) is 0 Å². The fourth-order valence-corrected chi connectivity index (χ4v) is 2.90. The third-order valence-electron chi connectivity index (χ3n) is 4.16. The van der Waals surface area contributed by atoms with Gasteiger partial charge in [0.25, 0.3) is 0 Å². The van der Waals surface area contributed by atoms with Gasteiger partial charge in [0.2, 0.25) is 0 Å². The third kappa shape index (κ3) is 5.98. The van der Waals surface area contributed by atoms with Gasteiger partial charge in [0.15, 0.2) is 0 Å². The molecule has 1 atom stereocenters. The first-order chi connectivity index (χ1) is 9.76. The van der Waals surface area contributed by atoms with Crippen LogP contribution in [0.3, 0.4) is 0 Å². The first-order valence-corrected chi connectivity index (χ1v) is 8.50. The molecule has 0 saturated carbocycles. The molecule has 0 heterocycles. The zero-order valence-electron chi connectivity index (χ0n) is 13.7. The third-order valence-corrected chi connectivity index (χ3v) is 4.16. The number of benzene rings is 1. The van der Waals surface area contributed by atoms with Gasteiger partial charge in [0.05, 0.1) is 0 Å². The molecule has 114 valence electrons. The van der Waals surface area contributed by atoms with Gasteiger partial charge in [-0.3, -0.25) is 0 Å². The molecular weight excluding hydrogens is 244 g/mol. The molecule has 1 aromatic rings. The summed E-state index contributed by atoms with van der Waals surface area (Å²) >= 11 is 0. The Morgan fingerprint density at radius 3 is 2.10 bits per heavy atom. The Morgan fingerprint density at radius 1 is 0.800 bits per heavy atom. The van der Waals surface area contributed by atoms with Crippen molar-refractivity contribution in [3.63, 3.8) is 0 Å². The smallest absolute Gasteiger partial charge is 0.120 e. The highest BCUT2D eigenvalue weighted by Crippen LogP contribution is 2.31. The normalized spacial score (nSPS) is 13.9. The predicted octanol–water partition coefficient (Wildman–Crippen LogP) is 6.37. The second-order valence-corrected chi connectivity index (χ2v) is 5.87. The summed E-state index contributed by atoms with van der Waals surface area (Å²) in [6, 6.07) is 10.3. The topological polar surface area (TPSA) is 9.23 Å². The van der Waals surface area contributed by atoms with Crippen LogP contribution in [0.5, 0.6) is 5.75 Å². The largest absolute Gasteiger partial charge is 0.487 e. The maximum absolute atomic E-state index is 6.40. The van der Waals surface area contributed by atoms with Crippen LogP contribution >= 0.6 is 0 Å². The van der Waals surface area contributed by atoms with Crippen molar-refractivity contribution in [2.45, 2.75) is 84.2 Å². The Kier molecular flexibility index (Phi) is 8.41. The number of hydrogen-bond donors (Lipinski definition) is 0. The Balaban J connectivity index is 2.56. The summed E-state index contributed by atoms with van der Waals surface area (Å²) in [4.78, 5) is 0. The zero-order valence-corrected chi connectivity index (χ0v) is 13.7. The Bertz CT molecular complexity index is 333. The van der Waals surface area contributed by atoms with Crippen molar-refractivity contribution in [3.05, 3.63) is 30.3 Å². The molecule has 1 rings (SSSR count). The van der Waals surface area contributed by atoms with Crippen LogP contribution in [0.1, 0.15) is 78.6 Å². The van der Waals surface area contributed by atoms with E-state index in [0.29, 0.717) is 0 Å². The molecule has 0 bridgehead atoms. The lowest BCUT2D eigenvalue weighted by atomic mass is 9.88. The van der Waals surface area contributed by atoms with Gasteiger partial charge in [-0.25, -0.2) is 0 Å². The summed E-state index contributed by atoms with van der Waals surface area (Å²) in [5.41, 5.74) is 0.0440. The lowest BCUT2D eigenvalue weighted by Crippen LogP contribution is -2.35. The summed E-state index contributed by atoms with van der Waals surface area (Å²) < 4.78 is 6.40. The molecule has 1 unspecified atom stereocenters. The highest BCUT2D eigenvalue weighted by molar-refractivity contribution is 5.22. The standard InChI is InChI=1S/C19H32O/c1-4-7-8-9-13-17-19(6-3,16-5-2)20-18-14-11-10-12-15-18/h10-12,14-15H,4-9,13,16-17H2,1-3H3. The first kappa shape index (κ1) is 17.1. The summed E-state index contributed by atoms with van der Waals surface area (Å²) in [6.07, 6.45) is 11.3. The Labute approximate surface area is 125 Å². The summed E-state index contributed by atoms with van der Waals surface area (Å²) in [6.45, 7) is 6.80. The maximum atomic E-state index is 6.40. The van der Waals surface area contributed by atoms with E-state index in [0.717, 1.165) is 18.6 Å². The van der Waals surface area contributed by atoms with Gasteiger partial charge in [-0.15, -0.1) is 0 Å². The molecule has 0 saturated heterocycles. The number of unbranched alkanes of at least 4 members (excludes halogenated alkanes) is 4. The maximum Gasteiger partial charge on any atom is 0.120 e. The highest BCUT2D eigenvalue weighted by atomic mass is 16.5. The van der Waals surface area contributed by atoms with Crippen molar-refractivity contribution in [1.29, 1.82) is 0 Å². The fourth-order valence-electron chi connectivity index (χ4n) is 2.90. The van der Waals surface area contributed by atoms with E-state index in [-0.39, 0.29) is 5.60 Å². The molecule has 0 aromatic heterocycles. The van der Waals surface area contributed by atoms with Gasteiger partial charge in [-0.05, 0) is 37.8 Å². The van der Waals surface area contributed by atoms with Crippen LogP contribution in [0.25, 0.3) is 0 Å². The number of para-hydroxylation sites is 1. The molecule has 1 nitrogen and oxygen atoms in total. The van der Waals surface area contributed by atoms with Crippen molar-refractivity contribution in [3.8, 4) is 5.75 Å². The molecular formula is C19H32O. The van der Waals surface area contributed by atoms with E-state index in [1.165, 1.54) is 44.9 Å². The van der Waals surface area contributed by atoms with Gasteiger partial charge in [0.1, 0.15) is 11.4 Å². The van der Waals surface area contributed by atoms with Crippen molar-refractivity contribution < 1.29 is 4.74 Å². The summed E-state index contributed by atoms with van der Waals surface area (Å²) in [5, 5.41) is 0. The Hall–Kier alpha value is -0.980. The van der Waals surface area contributed by atoms with Crippen molar-refractivity contribution in [1.82, 2.24) is 0 Å². The van der Waals surface area contributed by atoms with E-state index in [2.05, 4.69) is 45.0 Å². The molecule has 1 heteroatoms. The minimum absolute atomic E-state index is 0.0440. The average molecular weight is 276 g/mol. The molecule has 20 heavy (non-hydrogen) atoms. The zero-order chi connectivity index (χ0) is 14.7. The molecule has 0 fully saturated rings. The van der Waals surface area contributed by atoms with E-state index in [9.17, 15) is 0 Å².